The van der Waals surface area contributed by atoms with Gasteiger partial charge >= 0.3 is 0 Å². The third-order valence-corrected chi connectivity index (χ3v) is 12.9. The molecule has 0 amide bonds. The van der Waals surface area contributed by atoms with Gasteiger partial charge in [-0.1, -0.05) is 113 Å². The van der Waals surface area contributed by atoms with Gasteiger partial charge < -0.3 is 5.32 Å². The summed E-state index contributed by atoms with van der Waals surface area (Å²) in [6, 6.07) is 35.3. The zero-order valence-corrected chi connectivity index (χ0v) is 26.7. The van der Waals surface area contributed by atoms with Gasteiger partial charge in [0.15, 0.2) is 0 Å². The van der Waals surface area contributed by atoms with Crippen LogP contribution in [0.15, 0.2) is 91.0 Å². The largest absolute Gasteiger partial charge is 0.356 e. The molecule has 0 radical (unpaired) electrons. The van der Waals surface area contributed by atoms with E-state index in [2.05, 4.69) is 130 Å². The van der Waals surface area contributed by atoms with E-state index in [0.29, 0.717) is 0 Å². The van der Waals surface area contributed by atoms with Crippen molar-refractivity contribution >= 4 is 35.4 Å². The van der Waals surface area contributed by atoms with Crippen LogP contribution in [0.25, 0.3) is 33.0 Å². The topological polar surface area (TPSA) is 12.0 Å². The van der Waals surface area contributed by atoms with Gasteiger partial charge in [-0.15, -0.1) is 0 Å². The molecule has 1 spiro atoms. The summed E-state index contributed by atoms with van der Waals surface area (Å²) >= 11 is 0. The Bertz CT molecular complexity index is 1880. The van der Waals surface area contributed by atoms with Gasteiger partial charge in [0.25, 0.3) is 0 Å². The van der Waals surface area contributed by atoms with Crippen LogP contribution in [0.4, 0.5) is 11.4 Å². The number of nitrogens with one attached hydrogen (secondary N) is 1. The van der Waals surface area contributed by atoms with E-state index in [0.717, 1.165) is 0 Å². The lowest BCUT2D eigenvalue weighted by atomic mass is 9.67. The van der Waals surface area contributed by atoms with E-state index in [1.807, 2.05) is 0 Å². The van der Waals surface area contributed by atoms with E-state index in [4.69, 9.17) is 0 Å². The van der Waals surface area contributed by atoms with Gasteiger partial charge in [0.2, 0.25) is 0 Å². The van der Waals surface area contributed by atoms with Crippen LogP contribution in [0.5, 0.6) is 0 Å². The molecule has 0 heterocycles. The van der Waals surface area contributed by atoms with Crippen LogP contribution in [0, 0.1) is 0 Å². The van der Waals surface area contributed by atoms with Gasteiger partial charge in [-0.3, -0.25) is 0 Å². The minimum atomic E-state index is -1.31. The summed E-state index contributed by atoms with van der Waals surface area (Å²) in [6.45, 7) is 12.1. The predicted molar refractivity (Wildman–Crippen MR) is 184 cm³/mol. The molecule has 5 aromatic rings. The second-order valence-electron chi connectivity index (χ2n) is 14.6. The maximum absolute atomic E-state index is 3.77. The molecule has 2 heteroatoms. The van der Waals surface area contributed by atoms with Crippen molar-refractivity contribution in [1.29, 1.82) is 0 Å². The average Bonchev–Trinajstić information content (AvgIpc) is 3.37. The Morgan fingerprint density at radius 3 is 2.05 bits per heavy atom. The van der Waals surface area contributed by atoms with E-state index in [-0.39, 0.29) is 10.8 Å². The Morgan fingerprint density at radius 2 is 1.29 bits per heavy atom. The third-order valence-electron chi connectivity index (χ3n) is 10.8. The van der Waals surface area contributed by atoms with Gasteiger partial charge in [-0.05, 0) is 105 Å². The van der Waals surface area contributed by atoms with E-state index in [1.54, 1.807) is 11.1 Å². The monoisotopic (exact) mass is 563 g/mol. The summed E-state index contributed by atoms with van der Waals surface area (Å²) in [4.78, 5) is 0. The predicted octanol–water partition coefficient (Wildman–Crippen LogP) is 10.7. The van der Waals surface area contributed by atoms with Gasteiger partial charge in [-0.25, -0.2) is 0 Å². The number of hydrogen-bond donors (Lipinski definition) is 1. The van der Waals surface area contributed by atoms with Crippen molar-refractivity contribution in [2.45, 2.75) is 76.4 Å². The van der Waals surface area contributed by atoms with E-state index in [1.165, 1.54) is 92.8 Å². The van der Waals surface area contributed by atoms with Gasteiger partial charge in [0, 0.05) is 22.2 Å². The maximum Gasteiger partial charge on any atom is 0.0775 e. The highest BCUT2D eigenvalue weighted by Gasteiger charge is 2.46. The third kappa shape index (κ3) is 3.67. The summed E-state index contributed by atoms with van der Waals surface area (Å²) in [5.74, 6) is 0. The van der Waals surface area contributed by atoms with Crippen LogP contribution in [-0.2, 0) is 10.8 Å². The Labute approximate surface area is 252 Å². The van der Waals surface area contributed by atoms with E-state index in [9.17, 15) is 0 Å². The SMILES string of the molecule is CC1(C)c2cc3c(cc2-c2c1ccc1ccccc21)C1(CCCCC1)c1cc(Nc2ccc([Si](C)(C)C)cc2)ccc1-3. The van der Waals surface area contributed by atoms with Crippen molar-refractivity contribution in [3.8, 4) is 22.3 Å². The number of rotatable bonds is 3. The Balaban J connectivity index is 1.27. The lowest BCUT2D eigenvalue weighted by molar-refractivity contribution is 0.353. The lowest BCUT2D eigenvalue weighted by Crippen LogP contribution is -2.37. The number of anilines is 2. The molecule has 1 saturated carbocycles. The molecular weight excluding hydrogens is 523 g/mol. The molecule has 1 nitrogen and oxygen atoms in total. The molecule has 3 aliphatic rings. The van der Waals surface area contributed by atoms with E-state index < -0.39 is 8.07 Å². The molecule has 1 N–H and O–H groups in total. The highest BCUT2D eigenvalue weighted by molar-refractivity contribution is 6.88. The molecule has 0 bridgehead atoms. The fraction of sp³-hybridized carbons (Fsp3) is 0.300. The van der Waals surface area contributed by atoms with Gasteiger partial charge in [-0.2, -0.15) is 0 Å². The van der Waals surface area contributed by atoms with Crippen molar-refractivity contribution in [3.05, 3.63) is 113 Å². The molecule has 0 aliphatic heterocycles. The Morgan fingerprint density at radius 1 is 0.595 bits per heavy atom. The minimum absolute atomic E-state index is 0.0181. The van der Waals surface area contributed by atoms with Gasteiger partial charge in [0.05, 0.1) is 8.07 Å². The molecule has 0 aromatic heterocycles. The first-order chi connectivity index (χ1) is 20.2. The molecule has 0 saturated heterocycles. The summed E-state index contributed by atoms with van der Waals surface area (Å²) < 4.78 is 0. The van der Waals surface area contributed by atoms with Crippen LogP contribution in [0.3, 0.4) is 0 Å². The fourth-order valence-corrected chi connectivity index (χ4v) is 9.65. The van der Waals surface area contributed by atoms with Crippen LogP contribution in [0.1, 0.15) is 68.2 Å². The summed E-state index contributed by atoms with van der Waals surface area (Å²) in [5.41, 5.74) is 14.4. The van der Waals surface area contributed by atoms with Crippen LogP contribution in [0.2, 0.25) is 19.6 Å². The summed E-state index contributed by atoms with van der Waals surface area (Å²) in [7, 11) is -1.31. The zero-order chi connectivity index (χ0) is 28.9. The molecule has 1 fully saturated rings. The van der Waals surface area contributed by atoms with Crippen molar-refractivity contribution in [2.24, 2.45) is 0 Å². The molecule has 0 unspecified atom stereocenters. The number of hydrogen-bond acceptors (Lipinski definition) is 1. The normalized spacial score (nSPS) is 17.5. The second kappa shape index (κ2) is 8.94. The zero-order valence-electron chi connectivity index (χ0n) is 25.7. The fourth-order valence-electron chi connectivity index (χ4n) is 8.48. The van der Waals surface area contributed by atoms with Crippen molar-refractivity contribution in [1.82, 2.24) is 0 Å². The lowest BCUT2D eigenvalue weighted by Gasteiger charge is -2.36. The quantitative estimate of drug-likeness (QED) is 0.215. The number of fused-ring (bicyclic) bond motifs is 10. The maximum atomic E-state index is 3.77. The molecule has 8 rings (SSSR count). The smallest absolute Gasteiger partial charge is 0.0775 e. The molecule has 0 atom stereocenters. The molecule has 3 aliphatic carbocycles. The standard InChI is InChI=1S/C40H41NSi/c1-39(2)34-20-13-26-11-7-8-12-30(26)38(34)33-25-37-32(24-35(33)39)31-19-16-28(23-36(31)40(37)21-9-6-10-22-40)41-27-14-17-29(18-15-27)42(3,4)5/h7-8,11-20,23-25,41H,6,9-10,21-22H2,1-5H3. The van der Waals surface area contributed by atoms with E-state index >= 15 is 0 Å². The molecule has 42 heavy (non-hydrogen) atoms. The number of benzene rings is 5. The minimum Gasteiger partial charge on any atom is -0.356 e. The van der Waals surface area contributed by atoms with Crippen LogP contribution in [-0.4, -0.2) is 8.07 Å². The molecule has 210 valence electrons. The first-order valence-corrected chi connectivity index (χ1v) is 19.4. The first kappa shape index (κ1) is 26.0. The average molecular weight is 564 g/mol. The van der Waals surface area contributed by atoms with Crippen molar-refractivity contribution in [2.75, 3.05) is 5.32 Å². The van der Waals surface area contributed by atoms with Crippen molar-refractivity contribution < 1.29 is 0 Å². The summed E-state index contributed by atoms with van der Waals surface area (Å²) in [6.07, 6.45) is 6.44. The molecule has 5 aromatic carbocycles. The Hall–Kier alpha value is -3.62. The van der Waals surface area contributed by atoms with Crippen LogP contribution >= 0.6 is 0 Å². The van der Waals surface area contributed by atoms with Crippen LogP contribution < -0.4 is 10.5 Å². The molecular formula is C40H41NSi. The highest BCUT2D eigenvalue weighted by atomic mass is 28.3. The van der Waals surface area contributed by atoms with Crippen molar-refractivity contribution in [3.63, 3.8) is 0 Å². The highest BCUT2D eigenvalue weighted by Crippen LogP contribution is 2.60. The Kier molecular flexibility index (Phi) is 5.54. The first-order valence-electron chi connectivity index (χ1n) is 15.9. The van der Waals surface area contributed by atoms with Gasteiger partial charge in [0.1, 0.15) is 0 Å². The second-order valence-corrected chi connectivity index (χ2v) is 19.7. The summed E-state index contributed by atoms with van der Waals surface area (Å²) in [5, 5.41) is 8.00.